The van der Waals surface area contributed by atoms with Crippen LogP contribution in [0.15, 0.2) is 0 Å². The third kappa shape index (κ3) is 10.5. The van der Waals surface area contributed by atoms with Crippen LogP contribution in [0.5, 0.6) is 0 Å². The van der Waals surface area contributed by atoms with Crippen molar-refractivity contribution in [2.24, 2.45) is 57.2 Å². The predicted molar refractivity (Wildman–Crippen MR) is 314 cm³/mol. The van der Waals surface area contributed by atoms with Gasteiger partial charge >= 0.3 is 23.9 Å². The minimum absolute atomic E-state index is 0.102. The van der Waals surface area contributed by atoms with Gasteiger partial charge in [0.1, 0.15) is 10.8 Å². The summed E-state index contributed by atoms with van der Waals surface area (Å²) in [6, 6.07) is 0. The van der Waals surface area contributed by atoms with Gasteiger partial charge in [-0.25, -0.2) is 0 Å². The molecule has 78 heavy (non-hydrogen) atoms. The van der Waals surface area contributed by atoms with Crippen molar-refractivity contribution in [1.82, 2.24) is 31.1 Å². The molecule has 2 unspecified atom stereocenters. The molecule has 6 heterocycles. The van der Waals surface area contributed by atoms with Gasteiger partial charge in [0, 0.05) is 66.5 Å². The maximum Gasteiger partial charge on any atom is 0.312 e. The van der Waals surface area contributed by atoms with E-state index in [1.807, 2.05) is 55.4 Å². The predicted octanol–water partition coefficient (Wildman–Crippen LogP) is 11.3. The Bertz CT molecular complexity index is 2160. The third-order valence-corrected chi connectivity index (χ3v) is 22.5. The van der Waals surface area contributed by atoms with Crippen molar-refractivity contribution >= 4 is 23.9 Å². The minimum Gasteiger partial charge on any atom is -0.481 e. The van der Waals surface area contributed by atoms with Crippen LogP contribution in [0.4, 0.5) is 0 Å². The largest absolute Gasteiger partial charge is 0.481 e. The lowest BCUT2D eigenvalue weighted by Gasteiger charge is -2.74. The molecule has 6 saturated heterocycles. The molecule has 2 atom stereocenters. The average Bonchev–Trinajstić information content (AvgIpc) is 3.14. The summed E-state index contributed by atoms with van der Waals surface area (Å²) in [6.45, 7) is 49.8. The van der Waals surface area contributed by atoms with Crippen LogP contribution in [-0.2, 0) is 19.2 Å². The second-order valence-corrected chi connectivity index (χ2v) is 35.1. The maximum atomic E-state index is 17.6. The Morgan fingerprint density at radius 2 is 0.449 bits per heavy atom. The zero-order valence-electron chi connectivity index (χ0n) is 54.3. The third-order valence-electron chi connectivity index (χ3n) is 22.5. The average molecular weight is 1100 g/mol. The highest BCUT2D eigenvalue weighted by Gasteiger charge is 2.90. The molecule has 14 heteroatoms. The van der Waals surface area contributed by atoms with Gasteiger partial charge in [-0.05, 0) is 293 Å². The van der Waals surface area contributed by atoms with E-state index >= 15 is 19.2 Å². The Kier molecular flexibility index (Phi) is 15.9. The van der Waals surface area contributed by atoms with E-state index in [1.165, 1.54) is 0 Å². The van der Waals surface area contributed by atoms with Crippen LogP contribution in [-0.4, -0.2) is 135 Å². The zero-order chi connectivity index (χ0) is 60.2. The summed E-state index contributed by atoms with van der Waals surface area (Å²) in [6.07, 6.45) is 2.30. The second-order valence-electron chi connectivity index (χ2n) is 35.1. The van der Waals surface area contributed by atoms with Gasteiger partial charge in [-0.3, -0.25) is 29.0 Å². The summed E-state index contributed by atoms with van der Waals surface area (Å²) in [4.78, 5) is 74.0. The minimum atomic E-state index is -2.82. The number of carboxylic acids is 4. The summed E-state index contributed by atoms with van der Waals surface area (Å²) in [7, 11) is 4.14. The van der Waals surface area contributed by atoms with Crippen molar-refractivity contribution in [3.8, 4) is 0 Å². The molecule has 6 aliphatic heterocycles. The molecule has 0 aliphatic carbocycles. The maximum absolute atomic E-state index is 17.6. The van der Waals surface area contributed by atoms with E-state index in [0.29, 0.717) is 0 Å². The van der Waals surface area contributed by atoms with E-state index in [1.54, 1.807) is 0 Å². The first-order chi connectivity index (χ1) is 34.5. The van der Waals surface area contributed by atoms with Crippen molar-refractivity contribution < 1.29 is 39.6 Å². The molecule has 450 valence electrons. The first-order valence-electron chi connectivity index (χ1n) is 30.1. The number of likely N-dealkylation sites (tertiary alicyclic amines) is 2. The Hall–Kier alpha value is -2.36. The van der Waals surface area contributed by atoms with Crippen molar-refractivity contribution in [2.75, 3.05) is 14.1 Å². The highest BCUT2D eigenvalue weighted by atomic mass is 16.4. The first-order valence-corrected chi connectivity index (χ1v) is 30.1. The number of nitrogens with one attached hydrogen (secondary N) is 4. The summed E-state index contributed by atoms with van der Waals surface area (Å²) in [5, 5.41) is 71.8. The number of carbonyl (C=O) groups is 4. The molecular weight excluding hydrogens is 981 g/mol. The molecule has 0 aromatic heterocycles. The SMILES string of the molecule is CN1C(C)(C)CC(C(C(=O)O)(C2CC(C)(C)N(C)C(C)(C)C2)C(C(=O)O)(C2CC(C)(C)NC(C)(C)C2)C(C(=O)O)(C2CC(C)(C)NC(C)(C)C2)C(C(=O)O)(C2CC(C)(C)NC(C)(C)C2)C2CC(C)(C)NC(C)(C)C2)CC1(C)C. The number of nitrogens with zero attached hydrogens (tertiary/aromatic N) is 2. The van der Waals surface area contributed by atoms with Crippen LogP contribution in [0.2, 0.25) is 0 Å². The van der Waals surface area contributed by atoms with Crippen molar-refractivity contribution in [2.45, 2.75) is 310 Å². The van der Waals surface area contributed by atoms with Crippen LogP contribution < -0.4 is 21.3 Å². The summed E-state index contributed by atoms with van der Waals surface area (Å²) >= 11 is 0. The molecule has 6 rings (SSSR count). The molecule has 6 aliphatic rings. The van der Waals surface area contributed by atoms with Crippen molar-refractivity contribution in [3.05, 3.63) is 0 Å². The quantitative estimate of drug-likeness (QED) is 0.0865. The zero-order valence-corrected chi connectivity index (χ0v) is 54.3. The Balaban J connectivity index is 2.15. The van der Waals surface area contributed by atoms with E-state index in [9.17, 15) is 20.4 Å². The van der Waals surface area contributed by atoms with E-state index < -0.39 is 148 Å². The number of rotatable bonds is 13. The Morgan fingerprint density at radius 3 is 0.603 bits per heavy atom. The summed E-state index contributed by atoms with van der Waals surface area (Å²) in [5.74, 6) is -11.7. The molecule has 0 aromatic rings. The van der Waals surface area contributed by atoms with Gasteiger partial charge in [0.25, 0.3) is 0 Å². The second kappa shape index (κ2) is 19.1. The lowest BCUT2D eigenvalue weighted by atomic mass is 9.26. The molecule has 0 saturated carbocycles. The Morgan fingerprint density at radius 1 is 0.295 bits per heavy atom. The summed E-state index contributed by atoms with van der Waals surface area (Å²) in [5.41, 5.74) is -19.7. The molecule has 0 radical (unpaired) electrons. The molecule has 0 bridgehead atoms. The number of piperidine rings is 6. The van der Waals surface area contributed by atoms with Gasteiger partial charge in [0.05, 0.1) is 10.8 Å². The monoisotopic (exact) mass is 1100 g/mol. The van der Waals surface area contributed by atoms with Crippen LogP contribution in [0.25, 0.3) is 0 Å². The number of hydrogen-bond acceptors (Lipinski definition) is 10. The molecule has 6 fully saturated rings. The molecule has 0 spiro atoms. The fourth-order valence-electron chi connectivity index (χ4n) is 21.9. The van der Waals surface area contributed by atoms with Crippen LogP contribution in [0.3, 0.4) is 0 Å². The molecular formula is C64H116N6O8. The number of aliphatic carboxylic acids is 4. The molecule has 0 amide bonds. The summed E-state index contributed by atoms with van der Waals surface area (Å²) < 4.78 is 0. The number of hydrogen-bond donors (Lipinski definition) is 8. The normalized spacial score (nSPS) is 31.1. The fraction of sp³-hybridized carbons (Fsp3) is 0.938. The van der Waals surface area contributed by atoms with Gasteiger partial charge in [0.15, 0.2) is 0 Å². The van der Waals surface area contributed by atoms with E-state index in [2.05, 4.69) is 156 Å². The molecule has 8 N–H and O–H groups in total. The lowest BCUT2D eigenvalue weighted by molar-refractivity contribution is -0.298. The molecule has 0 aromatic carbocycles. The Labute approximate surface area is 473 Å². The lowest BCUT2D eigenvalue weighted by Crippen LogP contribution is -2.84. The van der Waals surface area contributed by atoms with Crippen molar-refractivity contribution in [1.29, 1.82) is 0 Å². The smallest absolute Gasteiger partial charge is 0.312 e. The van der Waals surface area contributed by atoms with Crippen LogP contribution in [0.1, 0.15) is 243 Å². The van der Waals surface area contributed by atoms with E-state index in [0.717, 1.165) is 0 Å². The van der Waals surface area contributed by atoms with E-state index in [-0.39, 0.29) is 77.0 Å². The van der Waals surface area contributed by atoms with Crippen LogP contribution in [0, 0.1) is 57.2 Å². The van der Waals surface area contributed by atoms with Gasteiger partial charge in [0.2, 0.25) is 0 Å². The van der Waals surface area contributed by atoms with Gasteiger partial charge < -0.3 is 41.7 Å². The van der Waals surface area contributed by atoms with Gasteiger partial charge in [-0.15, -0.1) is 0 Å². The first kappa shape index (κ1) is 64.8. The number of carboxylic acid groups (broad SMARTS) is 4. The fourth-order valence-corrected chi connectivity index (χ4v) is 21.9. The topological polar surface area (TPSA) is 204 Å². The molecule has 14 nitrogen and oxygen atoms in total. The van der Waals surface area contributed by atoms with Crippen LogP contribution >= 0.6 is 0 Å². The van der Waals surface area contributed by atoms with Gasteiger partial charge in [-0.2, -0.15) is 0 Å². The highest BCUT2D eigenvalue weighted by Crippen LogP contribution is 2.80. The van der Waals surface area contributed by atoms with Crippen molar-refractivity contribution in [3.63, 3.8) is 0 Å². The highest BCUT2D eigenvalue weighted by molar-refractivity contribution is 5.99. The standard InChI is InChI=1S/C64H116N6O8/c1-49(2)27-39(28-50(3,4)65-49)61(45(71)72,40-29-51(5,6)66-52(7,8)30-40)63(47(75)76,43-31-53(9,10)67-54(11,12)32-43)64(48(77)78,44-33-55(13,14)68-56(15,16)34-44)62(46(73)74,41-35-57(17,18)69(25)58(19,20)36-41)42-37-59(21,22)70(26)60(23,24)38-42/h39-44,65-68H,27-38H2,1-26H3,(H,71,72)(H,73,74)(H,75,76)(H,77,78). The van der Waals surface area contributed by atoms with E-state index in [4.69, 9.17) is 0 Å². The van der Waals surface area contributed by atoms with Gasteiger partial charge in [-0.1, -0.05) is 0 Å².